The Bertz CT molecular complexity index is 1310. The molecule has 0 aliphatic carbocycles. The fourth-order valence-electron chi connectivity index (χ4n) is 3.66. The van der Waals surface area contributed by atoms with Gasteiger partial charge in [0.05, 0.1) is 107 Å². The molecule has 27 heteroatoms. The van der Waals surface area contributed by atoms with Crippen LogP contribution in [-0.2, 0) is 37.8 Å². The SMILES string of the molecule is C.C.C.C[N+](C)(C)C(F)(F)F.C[N+](C)(C)CC(F)(F)F.C[N+](C)(C)Cc1cc(C(F)(F)F)cc(C(F)(F)F)c1.C[N+](C)(C)Cc1cc(C(F)(F)F)cc(C(F)(F)F)n1.[F-].[F-].[F-].[F-]. The lowest BCUT2D eigenvalue weighted by Crippen LogP contribution is -3.00. The fourth-order valence-corrected chi connectivity index (χ4v) is 3.66. The first-order chi connectivity index (χ1) is 23.5. The Hall–Kier alpha value is -3.33. The summed E-state index contributed by atoms with van der Waals surface area (Å²) < 4.78 is 219. The van der Waals surface area contributed by atoms with Crippen LogP contribution in [-0.4, -0.2) is 127 Å². The molecule has 0 amide bonds. The highest BCUT2D eigenvalue weighted by molar-refractivity contribution is 5.33. The van der Waals surface area contributed by atoms with Crippen LogP contribution >= 0.6 is 0 Å². The Balaban J connectivity index is -0.0000000882. The molecule has 0 radical (unpaired) electrons. The molecule has 0 saturated heterocycles. The van der Waals surface area contributed by atoms with Gasteiger partial charge in [0.1, 0.15) is 18.8 Å². The molecular weight excluding hydrogens is 908 g/mol. The number of alkyl halides is 18. The van der Waals surface area contributed by atoms with Crippen molar-refractivity contribution in [2.45, 2.75) is 72.6 Å². The molecule has 0 aliphatic rings. The van der Waals surface area contributed by atoms with Gasteiger partial charge in [0.2, 0.25) is 0 Å². The van der Waals surface area contributed by atoms with Gasteiger partial charge in [0.25, 0.3) is 0 Å². The molecule has 1 aromatic heterocycles. The Morgan fingerprint density at radius 1 is 0.403 bits per heavy atom. The van der Waals surface area contributed by atoms with Crippen molar-refractivity contribution in [3.05, 3.63) is 64.0 Å². The average Bonchev–Trinajstić information content (AvgIpc) is 2.82. The number of rotatable bonds is 5. The molecule has 2 rings (SSSR count). The Morgan fingerprint density at radius 2 is 0.694 bits per heavy atom. The van der Waals surface area contributed by atoms with Crippen LogP contribution < -0.4 is 18.8 Å². The lowest BCUT2D eigenvalue weighted by Gasteiger charge is -2.25. The minimum absolute atomic E-state index is 0. The normalized spacial score (nSPS) is 12.3. The Morgan fingerprint density at radius 3 is 0.887 bits per heavy atom. The monoisotopic (exact) mass is 967 g/mol. The first-order valence-corrected chi connectivity index (χ1v) is 15.3. The van der Waals surface area contributed by atoms with E-state index in [1.807, 2.05) is 0 Å². The van der Waals surface area contributed by atoms with Crippen molar-refractivity contribution in [1.29, 1.82) is 0 Å². The maximum Gasteiger partial charge on any atom is 0.560 e. The summed E-state index contributed by atoms with van der Waals surface area (Å²) in [6.45, 7) is -0.729. The maximum absolute atomic E-state index is 12.6. The molecule has 62 heavy (non-hydrogen) atoms. The smallest absolute Gasteiger partial charge is 0.560 e. The molecule has 0 fully saturated rings. The Kier molecular flexibility index (Phi) is 33.7. The highest BCUT2D eigenvalue weighted by Crippen LogP contribution is 2.37. The first kappa shape index (κ1) is 79.1. The molecule has 1 heterocycles. The maximum atomic E-state index is 12.6. The van der Waals surface area contributed by atoms with Crippen molar-refractivity contribution >= 4 is 0 Å². The topological polar surface area (TPSA) is 12.9 Å². The van der Waals surface area contributed by atoms with Gasteiger partial charge < -0.3 is 32.3 Å². The van der Waals surface area contributed by atoms with Gasteiger partial charge in [-0.3, -0.25) is 0 Å². The third kappa shape index (κ3) is 36.2. The average molecular weight is 968 g/mol. The van der Waals surface area contributed by atoms with E-state index in [2.05, 4.69) is 4.98 Å². The van der Waals surface area contributed by atoms with Crippen LogP contribution in [0, 0.1) is 0 Å². The van der Waals surface area contributed by atoms with Gasteiger partial charge in [-0.2, -0.15) is 65.9 Å². The van der Waals surface area contributed by atoms with Gasteiger partial charge in [0.15, 0.2) is 6.54 Å². The van der Waals surface area contributed by atoms with E-state index in [0.29, 0.717) is 6.07 Å². The van der Waals surface area contributed by atoms with Gasteiger partial charge >= 0.3 is 37.2 Å². The first-order valence-electron chi connectivity index (χ1n) is 15.3. The molecule has 0 aliphatic heterocycles. The zero-order valence-corrected chi connectivity index (χ0v) is 33.6. The van der Waals surface area contributed by atoms with E-state index in [0.717, 1.165) is 33.3 Å². The summed E-state index contributed by atoms with van der Waals surface area (Å²) in [5.74, 6) is 0. The van der Waals surface area contributed by atoms with E-state index >= 15 is 0 Å². The molecule has 0 unspecified atom stereocenters. The summed E-state index contributed by atoms with van der Waals surface area (Å²) in [7, 11) is 17.8. The number of halogens is 22. The number of nitrogens with zero attached hydrogens (tertiary/aromatic N) is 5. The van der Waals surface area contributed by atoms with Crippen molar-refractivity contribution in [2.75, 3.05) is 91.1 Å². The molecular formula is C35H59F22N5. The van der Waals surface area contributed by atoms with Crippen molar-refractivity contribution in [2.24, 2.45) is 0 Å². The number of hydrogen-bond acceptors (Lipinski definition) is 1. The second-order valence-electron chi connectivity index (χ2n) is 16.1. The molecule has 5 nitrogen and oxygen atoms in total. The van der Waals surface area contributed by atoms with Crippen molar-refractivity contribution in [1.82, 2.24) is 4.98 Å². The predicted octanol–water partition coefficient (Wildman–Crippen LogP) is -0.353. The number of quaternary nitrogens is 4. The highest BCUT2D eigenvalue weighted by atomic mass is 19.4. The number of aromatic nitrogens is 1. The summed E-state index contributed by atoms with van der Waals surface area (Å²) in [6, 6.07) is 2.34. The van der Waals surface area contributed by atoms with Crippen molar-refractivity contribution < 1.29 is 116 Å². The third-order valence-electron chi connectivity index (χ3n) is 5.85. The van der Waals surface area contributed by atoms with Crippen molar-refractivity contribution in [3.63, 3.8) is 0 Å². The van der Waals surface area contributed by atoms with Crippen LogP contribution in [0.5, 0.6) is 0 Å². The van der Waals surface area contributed by atoms with E-state index in [9.17, 15) is 79.0 Å². The van der Waals surface area contributed by atoms with Gasteiger partial charge in [0, 0.05) is 5.56 Å². The van der Waals surface area contributed by atoms with Crippen LogP contribution in [0.15, 0.2) is 30.3 Å². The molecule has 0 saturated carbocycles. The standard InChI is InChI=1S/C12H14F6N.C11H13F6N2.C5H11F3N.C4H9F3N.3CH4.4FH/c1-19(2,3)7-8-4-9(11(13,14)15)6-10(5-8)12(16,17)18;1-19(2,3)6-8-4-7(10(12,13)14)5-9(18-8)11(15,16)17;1-9(2,3)4-5(6,7)8;1-8(2,3)4(5,6)7;;;;;;;/h4-6H,7H2,1-3H3;4-5H,6H2,1-3H3;4H2,1-3H3;1-3H3;3*1H4;4*1H/q4*+1;;;;;;;/p-4. The van der Waals surface area contributed by atoms with E-state index in [4.69, 9.17) is 0 Å². The quantitative estimate of drug-likeness (QED) is 0.227. The zero-order chi connectivity index (χ0) is 44.8. The summed E-state index contributed by atoms with van der Waals surface area (Å²) in [5.41, 5.74) is -5.63. The minimum Gasteiger partial charge on any atom is -1.00 e. The number of hydrogen-bond donors (Lipinski definition) is 0. The highest BCUT2D eigenvalue weighted by Gasteiger charge is 2.45. The zero-order valence-electron chi connectivity index (χ0n) is 33.6. The minimum atomic E-state index is -4.90. The molecule has 0 atom stereocenters. The largest absolute Gasteiger partial charge is 1.00 e. The van der Waals surface area contributed by atoms with E-state index in [1.54, 1.807) is 42.3 Å². The summed E-state index contributed by atoms with van der Waals surface area (Å²) >= 11 is 0. The van der Waals surface area contributed by atoms with Crippen LogP contribution in [0.4, 0.5) is 79.0 Å². The van der Waals surface area contributed by atoms with Gasteiger partial charge in [-0.05, 0) is 30.3 Å². The Labute approximate surface area is 348 Å². The molecule has 0 N–H and O–H groups in total. The molecule has 0 bridgehead atoms. The molecule has 1 aromatic carbocycles. The van der Waals surface area contributed by atoms with E-state index < -0.39 is 70.6 Å². The van der Waals surface area contributed by atoms with Gasteiger partial charge in [-0.25, -0.2) is 9.47 Å². The van der Waals surface area contributed by atoms with Crippen LogP contribution in [0.1, 0.15) is 55.9 Å². The lowest BCUT2D eigenvalue weighted by molar-refractivity contribution is -0.981. The van der Waals surface area contributed by atoms with Crippen LogP contribution in [0.2, 0.25) is 0 Å². The third-order valence-corrected chi connectivity index (χ3v) is 5.85. The summed E-state index contributed by atoms with van der Waals surface area (Å²) in [6.07, 6.45) is -27.5. The number of benzene rings is 1. The van der Waals surface area contributed by atoms with Crippen LogP contribution in [0.3, 0.4) is 0 Å². The number of pyridine rings is 1. The van der Waals surface area contributed by atoms with Crippen molar-refractivity contribution in [3.8, 4) is 0 Å². The van der Waals surface area contributed by atoms with E-state index in [1.165, 1.54) is 21.1 Å². The molecule has 0 spiro atoms. The predicted molar refractivity (Wildman–Crippen MR) is 187 cm³/mol. The van der Waals surface area contributed by atoms with Gasteiger partial charge in [-0.1, -0.05) is 22.3 Å². The van der Waals surface area contributed by atoms with Crippen LogP contribution in [0.25, 0.3) is 0 Å². The lowest BCUT2D eigenvalue weighted by atomic mass is 10.0. The van der Waals surface area contributed by atoms with Gasteiger partial charge in [-0.15, -0.1) is 13.2 Å². The van der Waals surface area contributed by atoms with E-state index in [-0.39, 0.29) is 91.0 Å². The second-order valence-corrected chi connectivity index (χ2v) is 16.1. The fraction of sp³-hybridized carbons (Fsp3) is 0.686. The second kappa shape index (κ2) is 26.5. The summed E-state index contributed by atoms with van der Waals surface area (Å²) in [5, 5.41) is 0. The summed E-state index contributed by atoms with van der Waals surface area (Å²) in [4.78, 5) is 3.26. The molecule has 378 valence electrons. The molecule has 2 aromatic rings.